The van der Waals surface area contributed by atoms with Crippen LogP contribution in [0.25, 0.3) is 55.7 Å². The van der Waals surface area contributed by atoms with Gasteiger partial charge in [-0.2, -0.15) is 5.10 Å². The average Bonchev–Trinajstić information content (AvgIpc) is 3.52. The van der Waals surface area contributed by atoms with Gasteiger partial charge in [0.25, 0.3) is 0 Å². The minimum atomic E-state index is 0.727. The first-order valence-corrected chi connectivity index (χ1v) is 9.27. The second-order valence-corrected chi connectivity index (χ2v) is 6.87. The van der Waals surface area contributed by atoms with E-state index in [1.807, 2.05) is 48.7 Å². The molecule has 2 N–H and O–H groups in total. The first kappa shape index (κ1) is 15.8. The van der Waals surface area contributed by atoms with Crippen LogP contribution in [-0.4, -0.2) is 25.1 Å². The number of hydrogen-bond acceptors (Lipinski definition) is 4. The number of benzene rings is 2. The van der Waals surface area contributed by atoms with Crippen molar-refractivity contribution in [2.24, 2.45) is 0 Å². The number of furan rings is 1. The zero-order chi connectivity index (χ0) is 19.2. The summed E-state index contributed by atoms with van der Waals surface area (Å²) in [5, 5.41) is 8.66. The molecule has 0 saturated carbocycles. The van der Waals surface area contributed by atoms with E-state index in [9.17, 15) is 0 Å². The van der Waals surface area contributed by atoms with E-state index < -0.39 is 0 Å². The molecule has 0 amide bonds. The van der Waals surface area contributed by atoms with Crippen LogP contribution in [-0.2, 0) is 0 Å². The van der Waals surface area contributed by atoms with Crippen LogP contribution in [0.15, 0.2) is 83.9 Å². The summed E-state index contributed by atoms with van der Waals surface area (Å²) in [6, 6.07) is 18.2. The Morgan fingerprint density at radius 3 is 2.72 bits per heavy atom. The summed E-state index contributed by atoms with van der Waals surface area (Å²) in [6.07, 6.45) is 7.03. The highest BCUT2D eigenvalue weighted by Crippen LogP contribution is 2.33. The Kier molecular flexibility index (Phi) is 3.37. The molecule has 6 nitrogen and oxygen atoms in total. The van der Waals surface area contributed by atoms with E-state index in [4.69, 9.17) is 9.40 Å². The van der Waals surface area contributed by atoms with Crippen molar-refractivity contribution in [3.05, 3.63) is 79.5 Å². The standard InChI is InChI=1S/C23H15N5O/c1-4-17(16-8-10-29-13-16)21-20(5-1)25-23(26-21)22-18-11-14(6-7-19(18)27-28-22)15-3-2-9-24-12-15/h1-13H,(H,25,26)(H,27,28). The first-order chi connectivity index (χ1) is 14.4. The Balaban J connectivity index is 1.53. The van der Waals surface area contributed by atoms with Crippen molar-refractivity contribution in [3.8, 4) is 33.8 Å². The van der Waals surface area contributed by atoms with Crippen molar-refractivity contribution in [1.29, 1.82) is 0 Å². The van der Waals surface area contributed by atoms with Gasteiger partial charge in [0.1, 0.15) is 5.69 Å². The number of nitrogens with zero attached hydrogens (tertiary/aromatic N) is 3. The van der Waals surface area contributed by atoms with Crippen LogP contribution in [0, 0.1) is 0 Å². The molecule has 29 heavy (non-hydrogen) atoms. The number of para-hydroxylation sites is 1. The fraction of sp³-hybridized carbons (Fsp3) is 0. The van der Waals surface area contributed by atoms with Crippen LogP contribution in [0.3, 0.4) is 0 Å². The Morgan fingerprint density at radius 1 is 0.862 bits per heavy atom. The number of nitrogens with one attached hydrogen (secondary N) is 2. The van der Waals surface area contributed by atoms with Gasteiger partial charge in [-0.05, 0) is 35.9 Å². The highest BCUT2D eigenvalue weighted by atomic mass is 16.3. The van der Waals surface area contributed by atoms with Gasteiger partial charge in [-0.3, -0.25) is 10.1 Å². The molecule has 6 aromatic rings. The van der Waals surface area contributed by atoms with Crippen LogP contribution in [0.5, 0.6) is 0 Å². The maximum atomic E-state index is 5.25. The minimum absolute atomic E-state index is 0.727. The smallest absolute Gasteiger partial charge is 0.159 e. The lowest BCUT2D eigenvalue weighted by molar-refractivity contribution is 0.568. The molecule has 0 spiro atoms. The topological polar surface area (TPSA) is 83.4 Å². The van der Waals surface area contributed by atoms with Gasteiger partial charge in [-0.25, -0.2) is 4.98 Å². The van der Waals surface area contributed by atoms with E-state index in [0.29, 0.717) is 0 Å². The number of pyridine rings is 1. The molecule has 2 aromatic carbocycles. The Bertz CT molecular complexity index is 1450. The molecule has 4 heterocycles. The van der Waals surface area contributed by atoms with Crippen molar-refractivity contribution in [2.45, 2.75) is 0 Å². The maximum Gasteiger partial charge on any atom is 0.159 e. The van der Waals surface area contributed by atoms with Gasteiger partial charge < -0.3 is 9.40 Å². The first-order valence-electron chi connectivity index (χ1n) is 9.27. The monoisotopic (exact) mass is 377 g/mol. The second-order valence-electron chi connectivity index (χ2n) is 6.87. The molecule has 0 fully saturated rings. The van der Waals surface area contributed by atoms with Gasteiger partial charge in [-0.15, -0.1) is 0 Å². The predicted octanol–water partition coefficient (Wildman–Crippen LogP) is 5.43. The molecule has 0 bridgehead atoms. The van der Waals surface area contributed by atoms with E-state index >= 15 is 0 Å². The maximum absolute atomic E-state index is 5.25. The van der Waals surface area contributed by atoms with Gasteiger partial charge in [0.15, 0.2) is 5.82 Å². The van der Waals surface area contributed by atoms with Crippen molar-refractivity contribution < 1.29 is 4.42 Å². The van der Waals surface area contributed by atoms with Crippen molar-refractivity contribution in [3.63, 3.8) is 0 Å². The van der Waals surface area contributed by atoms with Gasteiger partial charge in [0.2, 0.25) is 0 Å². The third kappa shape index (κ3) is 2.54. The van der Waals surface area contributed by atoms with Crippen molar-refractivity contribution in [2.75, 3.05) is 0 Å². The zero-order valence-electron chi connectivity index (χ0n) is 15.3. The predicted molar refractivity (Wildman–Crippen MR) is 112 cm³/mol. The summed E-state index contributed by atoms with van der Waals surface area (Å²) >= 11 is 0. The van der Waals surface area contributed by atoms with E-state index in [-0.39, 0.29) is 0 Å². The van der Waals surface area contributed by atoms with Crippen molar-refractivity contribution in [1.82, 2.24) is 25.1 Å². The highest BCUT2D eigenvalue weighted by Gasteiger charge is 2.16. The molecule has 0 aliphatic rings. The highest BCUT2D eigenvalue weighted by molar-refractivity contribution is 5.98. The van der Waals surface area contributed by atoms with Crippen LogP contribution in [0.2, 0.25) is 0 Å². The van der Waals surface area contributed by atoms with E-state index in [1.54, 1.807) is 18.7 Å². The summed E-state index contributed by atoms with van der Waals surface area (Å²) in [5.41, 5.74) is 7.77. The molecule has 4 aromatic heterocycles. The quantitative estimate of drug-likeness (QED) is 0.431. The number of hydrogen-bond donors (Lipinski definition) is 2. The summed E-state index contributed by atoms with van der Waals surface area (Å²) in [4.78, 5) is 12.5. The molecule has 6 rings (SSSR count). The molecule has 0 unspecified atom stereocenters. The number of H-pyrrole nitrogens is 2. The summed E-state index contributed by atoms with van der Waals surface area (Å²) in [6.45, 7) is 0. The molecular weight excluding hydrogens is 362 g/mol. The zero-order valence-corrected chi connectivity index (χ0v) is 15.3. The fourth-order valence-electron chi connectivity index (χ4n) is 3.70. The molecule has 138 valence electrons. The molecule has 0 radical (unpaired) electrons. The lowest BCUT2D eigenvalue weighted by Gasteiger charge is -2.01. The SMILES string of the molecule is c1cncc(-c2ccc3[nH]nc(-c4nc5c(-c6ccoc6)cccc5[nH]4)c3c2)c1. The van der Waals surface area contributed by atoms with E-state index in [1.165, 1.54) is 0 Å². The van der Waals surface area contributed by atoms with Gasteiger partial charge in [0, 0.05) is 34.5 Å². The average molecular weight is 377 g/mol. The summed E-state index contributed by atoms with van der Waals surface area (Å²) < 4.78 is 5.25. The normalized spacial score (nSPS) is 11.4. The number of rotatable bonds is 3. The third-order valence-electron chi connectivity index (χ3n) is 5.13. The molecule has 0 atom stereocenters. The van der Waals surface area contributed by atoms with Crippen LogP contribution in [0.4, 0.5) is 0 Å². The van der Waals surface area contributed by atoms with Crippen molar-refractivity contribution >= 4 is 21.9 Å². The van der Waals surface area contributed by atoms with Gasteiger partial charge >= 0.3 is 0 Å². The van der Waals surface area contributed by atoms with Crippen LogP contribution in [0.1, 0.15) is 0 Å². The van der Waals surface area contributed by atoms with Gasteiger partial charge in [0.05, 0.1) is 29.1 Å². The molecule has 6 heteroatoms. The van der Waals surface area contributed by atoms with E-state index in [0.717, 1.165) is 55.7 Å². The molecule has 0 saturated heterocycles. The van der Waals surface area contributed by atoms with E-state index in [2.05, 4.69) is 32.3 Å². The Labute approximate surface area is 165 Å². The second kappa shape index (κ2) is 6.17. The van der Waals surface area contributed by atoms with Crippen LogP contribution < -0.4 is 0 Å². The largest absolute Gasteiger partial charge is 0.472 e. The lowest BCUT2D eigenvalue weighted by Crippen LogP contribution is -1.83. The van der Waals surface area contributed by atoms with Crippen LogP contribution >= 0.6 is 0 Å². The fourth-order valence-corrected chi connectivity index (χ4v) is 3.70. The third-order valence-corrected chi connectivity index (χ3v) is 5.13. The minimum Gasteiger partial charge on any atom is -0.472 e. The summed E-state index contributed by atoms with van der Waals surface area (Å²) in [7, 11) is 0. The number of fused-ring (bicyclic) bond motifs is 2. The Hall–Kier alpha value is -4.19. The molecule has 0 aliphatic carbocycles. The molecule has 0 aliphatic heterocycles. The Morgan fingerprint density at radius 2 is 1.86 bits per heavy atom. The number of imidazole rings is 1. The number of aromatic nitrogens is 5. The lowest BCUT2D eigenvalue weighted by atomic mass is 10.0. The number of aromatic amines is 2. The summed E-state index contributed by atoms with van der Waals surface area (Å²) in [5.74, 6) is 0.727. The van der Waals surface area contributed by atoms with Gasteiger partial charge in [-0.1, -0.05) is 24.3 Å². The molecular formula is C23H15N5O.